The first-order valence-electron chi connectivity index (χ1n) is 19.4. The number of fused-ring (bicyclic) bond motifs is 1. The molecule has 55 heavy (non-hydrogen) atoms. The van der Waals surface area contributed by atoms with E-state index in [4.69, 9.17) is 28.4 Å². The van der Waals surface area contributed by atoms with Crippen LogP contribution in [0.4, 0.5) is 0 Å². The maximum absolute atomic E-state index is 12.5. The van der Waals surface area contributed by atoms with Gasteiger partial charge in [-0.2, -0.15) is 0 Å². The van der Waals surface area contributed by atoms with Crippen LogP contribution in [0.25, 0.3) is 0 Å². The molecule has 0 radical (unpaired) electrons. The van der Waals surface area contributed by atoms with Gasteiger partial charge in [0.15, 0.2) is 24.8 Å². The monoisotopic (exact) mass is 795 g/mol. The van der Waals surface area contributed by atoms with Gasteiger partial charge in [0.2, 0.25) is 0 Å². The lowest BCUT2D eigenvalue weighted by atomic mass is 9.72. The Bertz CT molecular complexity index is 1250. The highest BCUT2D eigenvalue weighted by atomic mass is 16.7. The second kappa shape index (κ2) is 18.6. The van der Waals surface area contributed by atoms with Crippen molar-refractivity contribution in [2.24, 2.45) is 17.8 Å². The molecule has 3 saturated carbocycles. The Morgan fingerprint density at radius 1 is 0.636 bits per heavy atom. The predicted molar refractivity (Wildman–Crippen MR) is 182 cm³/mol. The molecular weight excluding hydrogens is 736 g/mol. The molecule has 0 bridgehead atoms. The molecule has 0 aromatic rings. The highest BCUT2D eigenvalue weighted by Crippen LogP contribution is 2.44. The van der Waals surface area contributed by atoms with Crippen LogP contribution in [0.5, 0.6) is 0 Å². The van der Waals surface area contributed by atoms with Crippen molar-refractivity contribution in [3.63, 3.8) is 0 Å². The largest absolute Gasteiger partial charge is 0.460 e. The van der Waals surface area contributed by atoms with Crippen LogP contribution in [0, 0.1) is 17.8 Å². The number of hydrogen-bond acceptors (Lipinski definition) is 18. The summed E-state index contributed by atoms with van der Waals surface area (Å²) in [7, 11) is 0. The molecule has 0 aromatic heterocycles. The molecule has 3 aliphatic heterocycles. The fraction of sp³-hybridized carbons (Fsp3) is 0.917. The smallest absolute Gasteiger partial charge is 0.330 e. The quantitative estimate of drug-likeness (QED) is 0.0559. The topological polar surface area (TPSA) is 319 Å². The van der Waals surface area contributed by atoms with Crippen LogP contribution in [0.1, 0.15) is 57.8 Å². The van der Waals surface area contributed by atoms with E-state index in [-0.39, 0.29) is 44.1 Å². The highest BCUT2D eigenvalue weighted by Gasteiger charge is 2.57. The van der Waals surface area contributed by atoms with Gasteiger partial charge in [0, 0.05) is 24.8 Å². The van der Waals surface area contributed by atoms with Crippen LogP contribution < -0.4 is 0 Å². The normalized spacial score (nSPS) is 51.1. The number of carbonyl (C=O) groups excluding carboxylic acids is 1. The summed E-state index contributed by atoms with van der Waals surface area (Å²) in [5, 5.41) is 126. The molecule has 19 heteroatoms. The Kier molecular flexibility index (Phi) is 14.6. The molecule has 18 unspecified atom stereocenters. The van der Waals surface area contributed by atoms with E-state index < -0.39 is 141 Å². The number of rotatable bonds is 10. The number of allylic oxidation sites excluding steroid dienone is 1. The van der Waals surface area contributed by atoms with Crippen molar-refractivity contribution in [1.82, 2.24) is 0 Å². The molecule has 0 spiro atoms. The van der Waals surface area contributed by atoms with Crippen LogP contribution in [0.2, 0.25) is 0 Å². The Morgan fingerprint density at radius 2 is 1.22 bits per heavy atom. The van der Waals surface area contributed by atoms with Gasteiger partial charge in [-0.1, -0.05) is 6.08 Å². The molecule has 3 saturated heterocycles. The lowest BCUT2D eigenvalue weighted by Gasteiger charge is -2.50. The van der Waals surface area contributed by atoms with Gasteiger partial charge < -0.3 is 89.7 Å². The molecule has 3 aliphatic carbocycles. The van der Waals surface area contributed by atoms with Gasteiger partial charge in [-0.3, -0.25) is 0 Å². The van der Waals surface area contributed by atoms with Gasteiger partial charge in [0.25, 0.3) is 0 Å². The van der Waals surface area contributed by atoms with Gasteiger partial charge in [-0.15, -0.1) is 0 Å². The second-order valence-corrected chi connectivity index (χ2v) is 16.2. The Hall–Kier alpha value is -1.47. The van der Waals surface area contributed by atoms with Crippen molar-refractivity contribution >= 4 is 5.97 Å². The third kappa shape index (κ3) is 9.88. The standard InChI is InChI=1S/C36H58O19/c37-12-24-28(44)30(46)32(48)36(54-24)53-23-11-18-21(51-34(23)15-7-19(40)27(43)20(41)8-15)9-17(39)10-22(18)52-35-33(49)31(47)29(45)25(55-35)13-50-26(42)6-3-14-1-4-16(38)5-2-14/h3,6,14-25,27-41,43-49H,1-2,4-5,7-13H2/p+1. The van der Waals surface area contributed by atoms with Crippen molar-refractivity contribution in [3.8, 4) is 0 Å². The summed E-state index contributed by atoms with van der Waals surface area (Å²) in [6, 6.07) is 0. The van der Waals surface area contributed by atoms with Crippen LogP contribution in [-0.2, 0) is 28.5 Å². The van der Waals surface area contributed by atoms with E-state index in [1.54, 1.807) is 6.08 Å². The summed E-state index contributed by atoms with van der Waals surface area (Å²) in [5.74, 6) is -1.73. The van der Waals surface area contributed by atoms with Crippen molar-refractivity contribution in [2.75, 3.05) is 13.2 Å². The number of carbonyl (C=O) groups is 1. The highest BCUT2D eigenvalue weighted by molar-refractivity contribution is 5.81. The SMILES string of the molecule is O=C(C=CC1CCC(O)CC1)OCC1OC(OC2CC(O)CC3[OH+]C(C4CC(O)C(O)C(O)C4)C(OC4OC(CO)C(O)C(O)C4O)CC23)C(O)C(O)C1O. The third-order valence-electron chi connectivity index (χ3n) is 12.4. The van der Waals surface area contributed by atoms with Gasteiger partial charge >= 0.3 is 5.97 Å². The summed E-state index contributed by atoms with van der Waals surface area (Å²) in [4.78, 5) is 12.5. The fourth-order valence-corrected chi connectivity index (χ4v) is 9.11. The Labute approximate surface area is 317 Å². The molecule has 3 heterocycles. The average Bonchev–Trinajstić information content (AvgIpc) is 3.16. The van der Waals surface area contributed by atoms with Gasteiger partial charge in [-0.25, -0.2) is 4.79 Å². The predicted octanol–water partition coefficient (Wildman–Crippen LogP) is -5.05. The van der Waals surface area contributed by atoms with Crippen LogP contribution in [0.15, 0.2) is 12.2 Å². The molecule has 0 amide bonds. The molecule has 0 aromatic carbocycles. The lowest BCUT2D eigenvalue weighted by Crippen LogP contribution is -2.64. The summed E-state index contributed by atoms with van der Waals surface area (Å²) < 4.78 is 34.2. The molecule has 18 atom stereocenters. The van der Waals surface area contributed by atoms with Gasteiger partial charge in [-0.05, 0) is 50.9 Å². The van der Waals surface area contributed by atoms with E-state index in [0.29, 0.717) is 12.8 Å². The Morgan fingerprint density at radius 3 is 1.84 bits per heavy atom. The molecule has 19 nitrogen and oxygen atoms in total. The van der Waals surface area contributed by atoms with Crippen molar-refractivity contribution in [3.05, 3.63) is 12.2 Å². The van der Waals surface area contributed by atoms with Gasteiger partial charge in [0.1, 0.15) is 67.6 Å². The lowest BCUT2D eigenvalue weighted by molar-refractivity contribution is -0.368. The first kappa shape index (κ1) is 43.1. The minimum atomic E-state index is -1.77. The summed E-state index contributed by atoms with van der Waals surface area (Å²) in [6.45, 7) is -1.19. The number of aliphatic hydroxyl groups is 14. The van der Waals surface area contributed by atoms with Crippen molar-refractivity contribution < 1.29 is 94.5 Å². The minimum Gasteiger partial charge on any atom is -0.460 e. The van der Waals surface area contributed by atoms with E-state index in [1.807, 2.05) is 0 Å². The second-order valence-electron chi connectivity index (χ2n) is 16.2. The summed E-state index contributed by atoms with van der Waals surface area (Å²) in [6.07, 6.45) is -18.5. The number of hydrogen-bond donors (Lipinski definition) is 12. The van der Waals surface area contributed by atoms with Crippen molar-refractivity contribution in [2.45, 2.75) is 174 Å². The molecule has 316 valence electrons. The molecule has 13 N–H and O–H groups in total. The number of aliphatic hydroxyl groups excluding tert-OH is 12. The van der Waals surface area contributed by atoms with Gasteiger partial charge in [0.05, 0.1) is 43.0 Å². The average molecular weight is 796 g/mol. The molecule has 6 aliphatic rings. The first-order valence-corrected chi connectivity index (χ1v) is 19.4. The zero-order valence-electron chi connectivity index (χ0n) is 30.4. The minimum absolute atomic E-state index is 0.0229. The van der Waals surface area contributed by atoms with E-state index in [2.05, 4.69) is 0 Å². The van der Waals surface area contributed by atoms with E-state index in [9.17, 15) is 66.1 Å². The molecule has 6 fully saturated rings. The zero-order valence-corrected chi connectivity index (χ0v) is 30.4. The van der Waals surface area contributed by atoms with Crippen LogP contribution in [0.3, 0.4) is 0 Å². The third-order valence-corrected chi connectivity index (χ3v) is 12.4. The van der Waals surface area contributed by atoms with E-state index in [1.165, 1.54) is 6.08 Å². The summed E-state index contributed by atoms with van der Waals surface area (Å²) >= 11 is 0. The molecular formula is C36H59O19+. The van der Waals surface area contributed by atoms with Crippen LogP contribution in [-0.4, -0.2) is 202 Å². The van der Waals surface area contributed by atoms with E-state index in [0.717, 1.165) is 12.8 Å². The molecule has 6 rings (SSSR count). The fourth-order valence-electron chi connectivity index (χ4n) is 9.11. The van der Waals surface area contributed by atoms with Crippen molar-refractivity contribution in [1.29, 1.82) is 0 Å². The number of ether oxygens (including phenoxy) is 6. The van der Waals surface area contributed by atoms with Crippen LogP contribution >= 0.6 is 0 Å². The summed E-state index contributed by atoms with van der Waals surface area (Å²) in [5.41, 5.74) is 0. The maximum atomic E-state index is 12.5. The Balaban J connectivity index is 1.16. The first-order chi connectivity index (χ1) is 26.1. The zero-order chi connectivity index (χ0) is 39.7. The van der Waals surface area contributed by atoms with E-state index >= 15 is 0 Å². The maximum Gasteiger partial charge on any atom is 0.330 e. The number of esters is 1.